The van der Waals surface area contributed by atoms with Gasteiger partial charge in [0.15, 0.2) is 0 Å². The highest BCUT2D eigenvalue weighted by atomic mass is 32.1. The minimum atomic E-state index is -0.232. The average molecular weight is 815 g/mol. The summed E-state index contributed by atoms with van der Waals surface area (Å²) >= 11 is 1.93. The lowest BCUT2D eigenvalue weighted by molar-refractivity contribution is 0.332. The van der Waals surface area contributed by atoms with Crippen molar-refractivity contribution in [1.29, 1.82) is 0 Å². The quantitative estimate of drug-likeness (QED) is 0.150. The number of thiophene rings is 1. The van der Waals surface area contributed by atoms with Gasteiger partial charge in [0.2, 0.25) is 0 Å². The van der Waals surface area contributed by atoms with Gasteiger partial charge in [-0.2, -0.15) is 0 Å². The summed E-state index contributed by atoms with van der Waals surface area (Å²) in [5, 5.41) is 7.96. The van der Waals surface area contributed by atoms with Crippen LogP contribution in [0.3, 0.4) is 0 Å². The molecule has 0 saturated heterocycles. The third kappa shape index (κ3) is 4.18. The van der Waals surface area contributed by atoms with Crippen molar-refractivity contribution in [1.82, 2.24) is 4.57 Å². The monoisotopic (exact) mass is 814 g/mol. The van der Waals surface area contributed by atoms with Gasteiger partial charge >= 0.3 is 6.85 Å². The van der Waals surface area contributed by atoms with Gasteiger partial charge in [-0.15, -0.1) is 11.3 Å². The second-order valence-corrected chi connectivity index (χ2v) is 21.8. The van der Waals surface area contributed by atoms with E-state index in [0.717, 1.165) is 0 Å². The summed E-state index contributed by atoms with van der Waals surface area (Å²) in [7, 11) is 0. The number of anilines is 2. The Labute approximate surface area is 367 Å². The Balaban J connectivity index is 1.24. The molecule has 2 aliphatic heterocycles. The summed E-state index contributed by atoms with van der Waals surface area (Å²) in [6, 6.07) is 52.1. The van der Waals surface area contributed by atoms with Crippen LogP contribution in [0.15, 0.2) is 133 Å². The van der Waals surface area contributed by atoms with Crippen LogP contribution >= 0.6 is 11.3 Å². The topological polar surface area (TPSA) is 8.17 Å². The van der Waals surface area contributed by atoms with E-state index in [1.807, 2.05) is 11.3 Å². The van der Waals surface area contributed by atoms with E-state index in [0.29, 0.717) is 0 Å². The Morgan fingerprint density at radius 1 is 0.548 bits per heavy atom. The molecule has 0 unspecified atom stereocenters. The SMILES string of the molecule is Cc1cc2c(cc1N1B3c4c(cc5c(c4-n4c6c3cccc6c3ccc6ccccc6c34)C(C)(C)c3ccccc3-5)-c3c1ccc1sc4ccccc4c31)C(C)(C)CCC2(C)C. The second kappa shape index (κ2) is 11.5. The fourth-order valence-corrected chi connectivity index (χ4v) is 14.1. The number of aromatic nitrogens is 1. The predicted molar refractivity (Wildman–Crippen MR) is 268 cm³/mol. The number of fused-ring (bicyclic) bond motifs is 18. The number of rotatable bonds is 1. The van der Waals surface area contributed by atoms with Crippen molar-refractivity contribution in [3.8, 4) is 27.9 Å². The van der Waals surface area contributed by atoms with Gasteiger partial charge in [0.1, 0.15) is 0 Å². The minimum Gasteiger partial charge on any atom is -0.376 e. The fourth-order valence-electron chi connectivity index (χ4n) is 13.0. The first-order chi connectivity index (χ1) is 29.9. The highest BCUT2D eigenvalue weighted by Crippen LogP contribution is 2.58. The van der Waals surface area contributed by atoms with Crippen molar-refractivity contribution in [3.05, 3.63) is 161 Å². The molecule has 62 heavy (non-hydrogen) atoms. The third-order valence-electron chi connectivity index (χ3n) is 16.1. The van der Waals surface area contributed by atoms with Gasteiger partial charge < -0.3 is 9.38 Å². The summed E-state index contributed by atoms with van der Waals surface area (Å²) in [5.74, 6) is 0. The Morgan fingerprint density at radius 2 is 1.26 bits per heavy atom. The lowest BCUT2D eigenvalue weighted by Crippen LogP contribution is -2.61. The molecular formula is C58H47BN2S. The van der Waals surface area contributed by atoms with Crippen LogP contribution in [0.5, 0.6) is 0 Å². The van der Waals surface area contributed by atoms with Crippen molar-refractivity contribution >= 4 is 93.2 Å². The third-order valence-corrected chi connectivity index (χ3v) is 17.2. The molecule has 2 aromatic heterocycles. The number of nitrogens with zero attached hydrogens (tertiary/aromatic N) is 2. The molecule has 2 aliphatic carbocycles. The van der Waals surface area contributed by atoms with E-state index < -0.39 is 0 Å². The van der Waals surface area contributed by atoms with Crippen molar-refractivity contribution in [2.24, 2.45) is 0 Å². The van der Waals surface area contributed by atoms with Gasteiger partial charge in [-0.05, 0) is 122 Å². The largest absolute Gasteiger partial charge is 0.376 e. The van der Waals surface area contributed by atoms with Gasteiger partial charge in [0.05, 0.1) is 11.0 Å². The standard InChI is InChI=1S/C58H47BN2S/c1-32-29-42-43(57(4,5)28-27-56(42,2)3)31-46(32)61-45-25-26-48-50(38-18-11-13-22-47(38)62-48)49(45)40-30-39-35-17-10-12-20-41(35)58(6,7)51(39)55-52(40)59(61)44-21-14-19-36-37-24-23-33-15-8-9-16-34(33)53(37)60(55)54(36)44/h8-26,29-31H,27-28H2,1-7H3. The van der Waals surface area contributed by atoms with Crippen molar-refractivity contribution in [2.75, 3.05) is 4.81 Å². The molecule has 0 fully saturated rings. The molecule has 0 radical (unpaired) electrons. The highest BCUT2D eigenvalue weighted by molar-refractivity contribution is 7.26. The number of hydrogen-bond acceptors (Lipinski definition) is 2. The molecule has 2 nitrogen and oxygen atoms in total. The molecule has 8 aromatic carbocycles. The van der Waals surface area contributed by atoms with E-state index in [9.17, 15) is 0 Å². The van der Waals surface area contributed by atoms with Crippen LogP contribution in [0, 0.1) is 6.92 Å². The van der Waals surface area contributed by atoms with Crippen molar-refractivity contribution in [2.45, 2.75) is 77.6 Å². The summed E-state index contributed by atoms with van der Waals surface area (Å²) in [6.07, 6.45) is 2.38. The summed E-state index contributed by atoms with van der Waals surface area (Å²) in [5.41, 5.74) is 22.1. The lowest BCUT2D eigenvalue weighted by atomic mass is 9.43. The summed E-state index contributed by atoms with van der Waals surface area (Å²) < 4.78 is 5.44. The zero-order chi connectivity index (χ0) is 41.8. The van der Waals surface area contributed by atoms with Gasteiger partial charge in [-0.25, -0.2) is 0 Å². The average Bonchev–Trinajstić information content (AvgIpc) is 3.90. The molecule has 0 saturated carbocycles. The molecule has 0 amide bonds. The maximum atomic E-state index is 2.82. The first kappa shape index (κ1) is 35.5. The molecule has 0 bridgehead atoms. The smallest absolute Gasteiger partial charge is 0.333 e. The van der Waals surface area contributed by atoms with E-state index in [1.54, 1.807) is 0 Å². The molecule has 298 valence electrons. The maximum Gasteiger partial charge on any atom is 0.333 e. The zero-order valence-corrected chi connectivity index (χ0v) is 37.3. The Bertz CT molecular complexity index is 3710. The molecular weight excluding hydrogens is 768 g/mol. The summed E-state index contributed by atoms with van der Waals surface area (Å²) in [6.45, 7) is 17.2. The Morgan fingerprint density at radius 3 is 2.10 bits per heavy atom. The fraction of sp³-hybridized carbons (Fsp3) is 0.207. The summed E-state index contributed by atoms with van der Waals surface area (Å²) in [4.78, 5) is 2.82. The van der Waals surface area contributed by atoms with E-state index in [-0.39, 0.29) is 23.1 Å². The van der Waals surface area contributed by atoms with Crippen LogP contribution in [0.25, 0.3) is 80.7 Å². The van der Waals surface area contributed by atoms with Crippen molar-refractivity contribution in [3.63, 3.8) is 0 Å². The number of aryl methyl sites for hydroxylation is 1. The van der Waals surface area contributed by atoms with Crippen LogP contribution in [0.1, 0.15) is 82.2 Å². The van der Waals surface area contributed by atoms with E-state index >= 15 is 0 Å². The molecule has 0 atom stereocenters. The predicted octanol–water partition coefficient (Wildman–Crippen LogP) is 14.5. The maximum absolute atomic E-state index is 2.82. The van der Waals surface area contributed by atoms with E-state index in [2.05, 4.69) is 191 Å². The van der Waals surface area contributed by atoms with Gasteiger partial charge in [0, 0.05) is 64.4 Å². The van der Waals surface area contributed by atoms with Crippen LogP contribution in [0.2, 0.25) is 0 Å². The van der Waals surface area contributed by atoms with Gasteiger partial charge in [-0.3, -0.25) is 0 Å². The Kier molecular flexibility index (Phi) is 6.57. The number of para-hydroxylation sites is 1. The normalized spacial score (nSPS) is 17.1. The van der Waals surface area contributed by atoms with Gasteiger partial charge in [0.25, 0.3) is 0 Å². The molecule has 4 aliphatic rings. The number of hydrogen-bond donors (Lipinski definition) is 0. The van der Waals surface area contributed by atoms with Crippen molar-refractivity contribution < 1.29 is 0 Å². The van der Waals surface area contributed by atoms with Gasteiger partial charge in [-0.1, -0.05) is 145 Å². The molecule has 10 aromatic rings. The number of benzene rings is 8. The zero-order valence-electron chi connectivity index (χ0n) is 36.5. The van der Waals surface area contributed by atoms with E-state index in [1.165, 1.54) is 144 Å². The van der Waals surface area contributed by atoms with Crippen LogP contribution in [0.4, 0.5) is 11.4 Å². The second-order valence-electron chi connectivity index (χ2n) is 20.7. The first-order valence-corrected chi connectivity index (χ1v) is 23.4. The first-order valence-electron chi connectivity index (χ1n) is 22.6. The van der Waals surface area contributed by atoms with Crippen LogP contribution < -0.4 is 15.7 Å². The molecule has 4 heterocycles. The Hall–Kier alpha value is -6.10. The molecule has 4 heteroatoms. The lowest BCUT2D eigenvalue weighted by Gasteiger charge is -2.46. The molecule has 0 N–H and O–H groups in total. The van der Waals surface area contributed by atoms with Crippen LogP contribution in [-0.2, 0) is 16.2 Å². The molecule has 0 spiro atoms. The highest BCUT2D eigenvalue weighted by Gasteiger charge is 2.50. The minimum absolute atomic E-state index is 0.0529. The van der Waals surface area contributed by atoms with E-state index in [4.69, 9.17) is 0 Å². The molecule has 14 rings (SSSR count). The van der Waals surface area contributed by atoms with Crippen LogP contribution in [-0.4, -0.2) is 11.4 Å².